The summed E-state index contributed by atoms with van der Waals surface area (Å²) >= 11 is 3.45. The van der Waals surface area contributed by atoms with E-state index in [0.717, 1.165) is 41.5 Å². The number of halogens is 1. The lowest BCUT2D eigenvalue weighted by Crippen LogP contribution is -2.48. The Labute approximate surface area is 185 Å². The summed E-state index contributed by atoms with van der Waals surface area (Å²) in [6.07, 6.45) is 3.36. The molecule has 0 atom stereocenters. The zero-order valence-corrected chi connectivity index (χ0v) is 18.8. The molecule has 2 fully saturated rings. The fourth-order valence-corrected chi connectivity index (χ4v) is 4.40. The van der Waals surface area contributed by atoms with Crippen molar-refractivity contribution in [1.82, 2.24) is 10.2 Å². The van der Waals surface area contributed by atoms with Gasteiger partial charge in [-0.3, -0.25) is 9.59 Å². The van der Waals surface area contributed by atoms with Gasteiger partial charge in [-0.25, -0.2) is 0 Å². The van der Waals surface area contributed by atoms with Crippen LogP contribution in [-0.2, 0) is 10.2 Å². The van der Waals surface area contributed by atoms with Gasteiger partial charge in [-0.05, 0) is 74.6 Å². The summed E-state index contributed by atoms with van der Waals surface area (Å²) in [6, 6.07) is 15.5. The number of nitrogens with one attached hydrogen (secondary N) is 1. The molecule has 0 aromatic heterocycles. The molecule has 5 nitrogen and oxygen atoms in total. The van der Waals surface area contributed by atoms with E-state index in [9.17, 15) is 9.59 Å². The summed E-state index contributed by atoms with van der Waals surface area (Å²) in [7, 11) is 0. The fourth-order valence-electron chi connectivity index (χ4n) is 4.13. The van der Waals surface area contributed by atoms with E-state index in [2.05, 4.69) is 21.2 Å². The Hall–Kier alpha value is -2.34. The number of likely N-dealkylation sites (tertiary alicyclic amines) is 1. The molecular formula is C24H27BrN2O3. The van der Waals surface area contributed by atoms with E-state index in [4.69, 9.17) is 4.74 Å². The van der Waals surface area contributed by atoms with Crippen LogP contribution in [0.5, 0.6) is 5.75 Å². The van der Waals surface area contributed by atoms with Crippen LogP contribution < -0.4 is 10.1 Å². The molecule has 0 unspecified atom stereocenters. The number of carbonyl (C=O) groups excluding carboxylic acids is 2. The second kappa shape index (κ2) is 8.80. The van der Waals surface area contributed by atoms with Gasteiger partial charge in [-0.15, -0.1) is 0 Å². The van der Waals surface area contributed by atoms with Gasteiger partial charge < -0.3 is 15.0 Å². The third-order valence-electron chi connectivity index (χ3n) is 6.11. The predicted molar refractivity (Wildman–Crippen MR) is 120 cm³/mol. The lowest BCUT2D eigenvalue weighted by molar-refractivity contribution is -0.124. The second-order valence-electron chi connectivity index (χ2n) is 8.09. The van der Waals surface area contributed by atoms with Crippen LogP contribution in [0.15, 0.2) is 53.0 Å². The SMILES string of the molecule is CCOc1ccc(C(=O)N2CCC(NC(=O)C3(c4ccc(Br)cc4)CC3)CC2)cc1. The van der Waals surface area contributed by atoms with Gasteiger partial charge in [-0.2, -0.15) is 0 Å². The highest BCUT2D eigenvalue weighted by atomic mass is 79.9. The van der Waals surface area contributed by atoms with E-state index in [-0.39, 0.29) is 23.3 Å². The van der Waals surface area contributed by atoms with Crippen molar-refractivity contribution < 1.29 is 14.3 Å². The van der Waals surface area contributed by atoms with Crippen LogP contribution in [0.25, 0.3) is 0 Å². The van der Waals surface area contributed by atoms with Gasteiger partial charge in [0.1, 0.15) is 5.75 Å². The first-order chi connectivity index (χ1) is 14.5. The molecule has 30 heavy (non-hydrogen) atoms. The highest BCUT2D eigenvalue weighted by Gasteiger charge is 2.51. The van der Waals surface area contributed by atoms with Crippen molar-refractivity contribution in [3.63, 3.8) is 0 Å². The molecule has 1 N–H and O–H groups in total. The van der Waals surface area contributed by atoms with Crippen LogP contribution in [0.3, 0.4) is 0 Å². The first kappa shape index (κ1) is 20.9. The predicted octanol–water partition coefficient (Wildman–Crippen LogP) is 4.30. The fraction of sp³-hybridized carbons (Fsp3) is 0.417. The summed E-state index contributed by atoms with van der Waals surface area (Å²) in [5.41, 5.74) is 1.40. The van der Waals surface area contributed by atoms with Gasteiger partial charge in [-0.1, -0.05) is 28.1 Å². The van der Waals surface area contributed by atoms with Crippen molar-refractivity contribution >= 4 is 27.7 Å². The number of ether oxygens (including phenoxy) is 1. The van der Waals surface area contributed by atoms with E-state index in [1.807, 2.05) is 60.4 Å². The standard InChI is InChI=1S/C24H27BrN2O3/c1-2-30-21-9-3-17(4-10-21)22(28)27-15-11-20(12-16-27)26-23(29)24(13-14-24)18-5-7-19(25)8-6-18/h3-10,20H,2,11-16H2,1H3,(H,26,29). The van der Waals surface area contributed by atoms with Crippen LogP contribution in [0.2, 0.25) is 0 Å². The van der Waals surface area contributed by atoms with E-state index < -0.39 is 0 Å². The molecule has 2 amide bonds. The molecule has 1 heterocycles. The zero-order valence-electron chi connectivity index (χ0n) is 17.2. The largest absolute Gasteiger partial charge is 0.494 e. The molecule has 2 aromatic rings. The molecule has 1 saturated heterocycles. The van der Waals surface area contributed by atoms with Gasteiger partial charge in [0.15, 0.2) is 0 Å². The number of rotatable bonds is 6. The molecule has 4 rings (SSSR count). The molecule has 2 aliphatic rings. The minimum atomic E-state index is -0.365. The molecule has 158 valence electrons. The number of benzene rings is 2. The highest BCUT2D eigenvalue weighted by Crippen LogP contribution is 2.48. The van der Waals surface area contributed by atoms with Crippen molar-refractivity contribution in [3.05, 3.63) is 64.1 Å². The van der Waals surface area contributed by atoms with Gasteiger partial charge >= 0.3 is 0 Å². The second-order valence-corrected chi connectivity index (χ2v) is 9.00. The smallest absolute Gasteiger partial charge is 0.253 e. The van der Waals surface area contributed by atoms with Crippen molar-refractivity contribution in [1.29, 1.82) is 0 Å². The van der Waals surface area contributed by atoms with Crippen molar-refractivity contribution in [3.8, 4) is 5.75 Å². The Balaban J connectivity index is 1.31. The topological polar surface area (TPSA) is 58.6 Å². The normalized spacial score (nSPS) is 18.0. The summed E-state index contributed by atoms with van der Waals surface area (Å²) in [5, 5.41) is 3.25. The minimum absolute atomic E-state index is 0.0383. The lowest BCUT2D eigenvalue weighted by Gasteiger charge is -2.33. The Kier molecular flexibility index (Phi) is 6.14. The number of piperidine rings is 1. The van der Waals surface area contributed by atoms with Gasteiger partial charge in [0.25, 0.3) is 5.91 Å². The Morgan fingerprint density at radius 2 is 1.70 bits per heavy atom. The van der Waals surface area contributed by atoms with Gasteiger partial charge in [0.2, 0.25) is 5.91 Å². The Morgan fingerprint density at radius 1 is 1.07 bits per heavy atom. The van der Waals surface area contributed by atoms with Crippen molar-refractivity contribution in [2.75, 3.05) is 19.7 Å². The maximum Gasteiger partial charge on any atom is 0.253 e. The molecule has 1 aliphatic heterocycles. The third kappa shape index (κ3) is 4.38. The molecule has 2 aromatic carbocycles. The molecule has 0 bridgehead atoms. The third-order valence-corrected chi connectivity index (χ3v) is 6.64. The average molecular weight is 471 g/mol. The summed E-state index contributed by atoms with van der Waals surface area (Å²) in [6.45, 7) is 3.85. The molecule has 1 aliphatic carbocycles. The lowest BCUT2D eigenvalue weighted by atomic mass is 9.94. The number of hydrogen-bond acceptors (Lipinski definition) is 3. The maximum absolute atomic E-state index is 13.0. The van der Waals surface area contributed by atoms with Crippen LogP contribution >= 0.6 is 15.9 Å². The van der Waals surface area contributed by atoms with E-state index in [1.165, 1.54) is 0 Å². The molecular weight excluding hydrogens is 444 g/mol. The number of carbonyl (C=O) groups is 2. The Morgan fingerprint density at radius 3 is 2.27 bits per heavy atom. The average Bonchev–Trinajstić information content (AvgIpc) is 3.57. The van der Waals surface area contributed by atoms with Crippen molar-refractivity contribution in [2.45, 2.75) is 44.1 Å². The van der Waals surface area contributed by atoms with Gasteiger partial charge in [0, 0.05) is 29.2 Å². The number of amides is 2. The Bertz CT molecular complexity index is 899. The van der Waals surface area contributed by atoms with Crippen molar-refractivity contribution in [2.24, 2.45) is 0 Å². The van der Waals surface area contributed by atoms with Crippen LogP contribution in [0.4, 0.5) is 0 Å². The molecule has 0 radical (unpaired) electrons. The minimum Gasteiger partial charge on any atom is -0.494 e. The zero-order chi connectivity index (χ0) is 21.1. The van der Waals surface area contributed by atoms with Crippen LogP contribution in [-0.4, -0.2) is 42.5 Å². The molecule has 1 saturated carbocycles. The first-order valence-electron chi connectivity index (χ1n) is 10.6. The van der Waals surface area contributed by atoms with E-state index in [0.29, 0.717) is 25.3 Å². The first-order valence-corrected chi connectivity index (χ1v) is 11.4. The number of hydrogen-bond donors (Lipinski definition) is 1. The van der Waals surface area contributed by atoms with Crippen LogP contribution in [0.1, 0.15) is 48.5 Å². The van der Waals surface area contributed by atoms with E-state index >= 15 is 0 Å². The van der Waals surface area contributed by atoms with E-state index in [1.54, 1.807) is 0 Å². The number of nitrogens with zero attached hydrogens (tertiary/aromatic N) is 1. The monoisotopic (exact) mass is 470 g/mol. The maximum atomic E-state index is 13.0. The molecule has 0 spiro atoms. The summed E-state index contributed by atoms with van der Waals surface area (Å²) < 4.78 is 6.46. The summed E-state index contributed by atoms with van der Waals surface area (Å²) in [5.74, 6) is 0.938. The molecule has 6 heteroatoms. The highest BCUT2D eigenvalue weighted by molar-refractivity contribution is 9.10. The van der Waals surface area contributed by atoms with Crippen LogP contribution in [0, 0.1) is 0 Å². The quantitative estimate of drug-likeness (QED) is 0.684. The van der Waals surface area contributed by atoms with Gasteiger partial charge in [0.05, 0.1) is 12.0 Å². The summed E-state index contributed by atoms with van der Waals surface area (Å²) in [4.78, 5) is 27.6.